The molecule has 0 amide bonds. The van der Waals surface area contributed by atoms with E-state index in [0.29, 0.717) is 5.92 Å². The van der Waals surface area contributed by atoms with E-state index in [2.05, 4.69) is 55.4 Å². The third-order valence-electron chi connectivity index (χ3n) is 7.29. The molecule has 27 heavy (non-hydrogen) atoms. The first-order valence-corrected chi connectivity index (χ1v) is 11.7. The Hall–Kier alpha value is -0.530. The Bertz CT molecular complexity index is 439. The molecular formula is C25H48O2. The van der Waals surface area contributed by atoms with E-state index < -0.39 is 0 Å². The third-order valence-corrected chi connectivity index (χ3v) is 7.29. The smallest absolute Gasteiger partial charge is 0.310 e. The number of carbonyl (C=O) groups is 1. The van der Waals surface area contributed by atoms with Crippen LogP contribution >= 0.6 is 0 Å². The standard InChI is InChI=1S/C25H48O2/c1-9-18-24(5,6)21(19-23(3,4)10-2)22(26)27-25(7,8)20-16-14-12-11-13-15-17-20/h20-21H,9-19H2,1-8H3. The molecule has 160 valence electrons. The quantitative estimate of drug-likeness (QED) is 0.379. The van der Waals surface area contributed by atoms with Gasteiger partial charge < -0.3 is 4.74 Å². The Morgan fingerprint density at radius 2 is 1.44 bits per heavy atom. The molecule has 1 fully saturated rings. The van der Waals surface area contributed by atoms with Crippen LogP contribution in [0.3, 0.4) is 0 Å². The lowest BCUT2D eigenvalue weighted by Gasteiger charge is -2.41. The van der Waals surface area contributed by atoms with Gasteiger partial charge in [-0.1, -0.05) is 86.5 Å². The third kappa shape index (κ3) is 7.78. The predicted molar refractivity (Wildman–Crippen MR) is 117 cm³/mol. The molecule has 1 atom stereocenters. The van der Waals surface area contributed by atoms with Gasteiger partial charge in [-0.2, -0.15) is 0 Å². The minimum atomic E-state index is -0.356. The monoisotopic (exact) mass is 380 g/mol. The molecule has 1 aliphatic rings. The van der Waals surface area contributed by atoms with Gasteiger partial charge in [-0.15, -0.1) is 0 Å². The second-order valence-corrected chi connectivity index (χ2v) is 11.1. The Morgan fingerprint density at radius 1 is 0.926 bits per heavy atom. The molecule has 0 radical (unpaired) electrons. The van der Waals surface area contributed by atoms with Crippen molar-refractivity contribution < 1.29 is 9.53 Å². The van der Waals surface area contributed by atoms with E-state index in [1.54, 1.807) is 0 Å². The molecule has 0 spiro atoms. The molecule has 0 heterocycles. The highest BCUT2D eigenvalue weighted by Crippen LogP contribution is 2.43. The first kappa shape index (κ1) is 24.5. The van der Waals surface area contributed by atoms with Gasteiger partial charge in [-0.05, 0) is 56.3 Å². The number of hydrogen-bond acceptors (Lipinski definition) is 2. The molecule has 1 rings (SSSR count). The average Bonchev–Trinajstić information content (AvgIpc) is 2.51. The van der Waals surface area contributed by atoms with E-state index in [1.807, 2.05) is 0 Å². The van der Waals surface area contributed by atoms with E-state index in [9.17, 15) is 4.79 Å². The van der Waals surface area contributed by atoms with Gasteiger partial charge in [0.15, 0.2) is 0 Å². The normalized spacial score (nSPS) is 19.3. The largest absolute Gasteiger partial charge is 0.459 e. The number of carbonyl (C=O) groups excluding carboxylic acids is 1. The lowest BCUT2D eigenvalue weighted by molar-refractivity contribution is -0.174. The zero-order valence-corrected chi connectivity index (χ0v) is 19.7. The van der Waals surface area contributed by atoms with Crippen molar-refractivity contribution in [2.75, 3.05) is 0 Å². The minimum Gasteiger partial charge on any atom is -0.459 e. The Labute approximate surface area is 170 Å². The average molecular weight is 381 g/mol. The molecule has 0 aromatic heterocycles. The summed E-state index contributed by atoms with van der Waals surface area (Å²) < 4.78 is 6.32. The summed E-state index contributed by atoms with van der Waals surface area (Å²) >= 11 is 0. The van der Waals surface area contributed by atoms with Gasteiger partial charge in [0.25, 0.3) is 0 Å². The van der Waals surface area contributed by atoms with Crippen molar-refractivity contribution in [1.82, 2.24) is 0 Å². The fourth-order valence-electron chi connectivity index (χ4n) is 4.76. The lowest BCUT2D eigenvalue weighted by atomic mass is 9.68. The molecule has 2 nitrogen and oxygen atoms in total. The highest BCUT2D eigenvalue weighted by atomic mass is 16.6. The molecular weight excluding hydrogens is 332 g/mol. The van der Waals surface area contributed by atoms with Crippen LogP contribution in [-0.4, -0.2) is 11.6 Å². The highest BCUT2D eigenvalue weighted by Gasteiger charge is 2.42. The summed E-state index contributed by atoms with van der Waals surface area (Å²) in [5.41, 5.74) is -0.209. The van der Waals surface area contributed by atoms with E-state index in [4.69, 9.17) is 4.74 Å². The summed E-state index contributed by atoms with van der Waals surface area (Å²) in [6, 6.07) is 0. The van der Waals surface area contributed by atoms with Gasteiger partial charge in [-0.25, -0.2) is 0 Å². The Morgan fingerprint density at radius 3 is 1.93 bits per heavy atom. The van der Waals surface area contributed by atoms with Crippen LogP contribution in [0.2, 0.25) is 0 Å². The summed E-state index contributed by atoms with van der Waals surface area (Å²) in [6.07, 6.45) is 13.2. The van der Waals surface area contributed by atoms with Crippen LogP contribution < -0.4 is 0 Å². The molecule has 2 heteroatoms. The number of rotatable bonds is 9. The summed E-state index contributed by atoms with van der Waals surface area (Å²) in [4.78, 5) is 13.4. The molecule has 1 unspecified atom stereocenters. The van der Waals surface area contributed by atoms with Crippen LogP contribution in [0.4, 0.5) is 0 Å². The maximum Gasteiger partial charge on any atom is 0.310 e. The van der Waals surface area contributed by atoms with E-state index in [-0.39, 0.29) is 28.3 Å². The van der Waals surface area contributed by atoms with Crippen molar-refractivity contribution in [3.63, 3.8) is 0 Å². The van der Waals surface area contributed by atoms with E-state index in [0.717, 1.165) is 25.7 Å². The van der Waals surface area contributed by atoms with Gasteiger partial charge in [0.2, 0.25) is 0 Å². The summed E-state index contributed by atoms with van der Waals surface area (Å²) in [6.45, 7) is 17.9. The molecule has 1 aliphatic carbocycles. The number of esters is 1. The molecule has 0 aromatic rings. The predicted octanol–water partition coefficient (Wildman–Crippen LogP) is 7.94. The lowest BCUT2D eigenvalue weighted by Crippen LogP contribution is -2.43. The second-order valence-electron chi connectivity index (χ2n) is 11.1. The maximum absolute atomic E-state index is 13.4. The number of hydrogen-bond donors (Lipinski definition) is 0. The molecule has 0 bridgehead atoms. The van der Waals surface area contributed by atoms with Gasteiger partial charge in [0, 0.05) is 0 Å². The molecule has 1 saturated carbocycles. The van der Waals surface area contributed by atoms with Crippen LogP contribution in [0.1, 0.15) is 126 Å². The zero-order chi connectivity index (χ0) is 20.7. The van der Waals surface area contributed by atoms with Gasteiger partial charge in [0.1, 0.15) is 5.60 Å². The Kier molecular flexibility index (Phi) is 9.35. The summed E-state index contributed by atoms with van der Waals surface area (Å²) in [5, 5.41) is 0. The first-order valence-electron chi connectivity index (χ1n) is 11.7. The highest BCUT2D eigenvalue weighted by molar-refractivity contribution is 5.74. The van der Waals surface area contributed by atoms with Crippen LogP contribution in [0.15, 0.2) is 0 Å². The first-order chi connectivity index (χ1) is 12.4. The maximum atomic E-state index is 13.4. The van der Waals surface area contributed by atoms with Crippen LogP contribution in [0.25, 0.3) is 0 Å². The fraction of sp³-hybridized carbons (Fsp3) is 0.960. The van der Waals surface area contributed by atoms with Gasteiger partial charge in [0.05, 0.1) is 5.92 Å². The summed E-state index contributed by atoms with van der Waals surface area (Å²) in [7, 11) is 0. The van der Waals surface area contributed by atoms with Crippen molar-refractivity contribution in [3.8, 4) is 0 Å². The molecule has 0 N–H and O–H groups in total. The van der Waals surface area contributed by atoms with Crippen molar-refractivity contribution >= 4 is 5.97 Å². The van der Waals surface area contributed by atoms with E-state index in [1.165, 1.54) is 44.9 Å². The summed E-state index contributed by atoms with van der Waals surface area (Å²) in [5.74, 6) is 0.512. The second kappa shape index (κ2) is 10.3. The number of ether oxygens (including phenoxy) is 1. The van der Waals surface area contributed by atoms with Crippen LogP contribution in [0.5, 0.6) is 0 Å². The van der Waals surface area contributed by atoms with Crippen molar-refractivity contribution in [2.45, 2.75) is 132 Å². The van der Waals surface area contributed by atoms with Crippen molar-refractivity contribution in [1.29, 1.82) is 0 Å². The Balaban J connectivity index is 2.95. The van der Waals surface area contributed by atoms with E-state index >= 15 is 0 Å². The fourth-order valence-corrected chi connectivity index (χ4v) is 4.76. The molecule has 0 aromatic carbocycles. The van der Waals surface area contributed by atoms with Crippen LogP contribution in [-0.2, 0) is 9.53 Å². The molecule has 0 aliphatic heterocycles. The zero-order valence-electron chi connectivity index (χ0n) is 19.7. The molecule has 0 saturated heterocycles. The van der Waals surface area contributed by atoms with Crippen molar-refractivity contribution in [3.05, 3.63) is 0 Å². The van der Waals surface area contributed by atoms with Gasteiger partial charge >= 0.3 is 5.97 Å². The topological polar surface area (TPSA) is 26.3 Å². The minimum absolute atomic E-state index is 0.0186. The van der Waals surface area contributed by atoms with Gasteiger partial charge in [-0.3, -0.25) is 4.79 Å². The SMILES string of the molecule is CCCC(C)(C)C(CC(C)(C)CC)C(=O)OC(C)(C)C1CCCCCCC1. The van der Waals surface area contributed by atoms with Crippen LogP contribution in [0, 0.1) is 22.7 Å². The van der Waals surface area contributed by atoms with Crippen molar-refractivity contribution in [2.24, 2.45) is 22.7 Å².